The lowest BCUT2D eigenvalue weighted by Gasteiger charge is -2.31. The predicted octanol–water partition coefficient (Wildman–Crippen LogP) is 1.88. The summed E-state index contributed by atoms with van der Waals surface area (Å²) in [6, 6.07) is 15.3. The fraction of sp³-hybridized carbons (Fsp3) is 0.267. The summed E-state index contributed by atoms with van der Waals surface area (Å²) in [7, 11) is 3.88. The first-order valence-electron chi connectivity index (χ1n) is 5.97. The van der Waals surface area contributed by atoms with Crippen LogP contribution in [0, 0.1) is 0 Å². The number of benzene rings is 1. The van der Waals surface area contributed by atoms with Crippen molar-refractivity contribution in [3.63, 3.8) is 0 Å². The highest BCUT2D eigenvalue weighted by Gasteiger charge is 2.33. The molecule has 0 fully saturated rings. The van der Waals surface area contributed by atoms with Gasteiger partial charge in [-0.3, -0.25) is 4.98 Å². The highest BCUT2D eigenvalue weighted by molar-refractivity contribution is 5.32. The summed E-state index contributed by atoms with van der Waals surface area (Å²) in [5.74, 6) is 0. The maximum absolute atomic E-state index is 11.0. The van der Waals surface area contributed by atoms with Gasteiger partial charge in [0.05, 0.1) is 5.69 Å². The molecule has 0 saturated carbocycles. The van der Waals surface area contributed by atoms with Gasteiger partial charge in [0.2, 0.25) is 0 Å². The molecule has 1 aromatic heterocycles. The zero-order chi connectivity index (χ0) is 13.0. The molecule has 2 aromatic rings. The van der Waals surface area contributed by atoms with Crippen molar-refractivity contribution >= 4 is 0 Å². The molecule has 94 valence electrons. The van der Waals surface area contributed by atoms with Gasteiger partial charge in [-0.05, 0) is 31.8 Å². The molecule has 0 spiro atoms. The van der Waals surface area contributed by atoms with E-state index in [1.807, 2.05) is 67.5 Å². The van der Waals surface area contributed by atoms with Crippen LogP contribution in [0.4, 0.5) is 0 Å². The third-order valence-corrected chi connectivity index (χ3v) is 2.89. The molecule has 1 heterocycles. The number of aliphatic hydroxyl groups is 1. The first-order valence-corrected chi connectivity index (χ1v) is 5.97. The molecule has 1 unspecified atom stereocenters. The van der Waals surface area contributed by atoms with Crippen molar-refractivity contribution in [1.29, 1.82) is 0 Å². The monoisotopic (exact) mass is 242 g/mol. The average Bonchev–Trinajstić information content (AvgIpc) is 2.40. The van der Waals surface area contributed by atoms with Gasteiger partial charge in [-0.1, -0.05) is 36.4 Å². The third kappa shape index (κ3) is 2.58. The van der Waals surface area contributed by atoms with E-state index in [0.29, 0.717) is 12.2 Å². The summed E-state index contributed by atoms with van der Waals surface area (Å²) in [4.78, 5) is 6.26. The van der Waals surface area contributed by atoms with Crippen molar-refractivity contribution in [2.75, 3.05) is 20.6 Å². The molecule has 3 nitrogen and oxygen atoms in total. The molecule has 3 heteroatoms. The second kappa shape index (κ2) is 5.29. The van der Waals surface area contributed by atoms with Gasteiger partial charge >= 0.3 is 0 Å². The molecule has 0 amide bonds. The molecule has 2 rings (SSSR count). The molecule has 0 radical (unpaired) electrons. The molecule has 0 aliphatic carbocycles. The summed E-state index contributed by atoms with van der Waals surface area (Å²) in [5, 5.41) is 11.0. The minimum atomic E-state index is -1.08. The Balaban J connectivity index is 2.48. The number of rotatable bonds is 4. The van der Waals surface area contributed by atoms with E-state index >= 15 is 0 Å². The van der Waals surface area contributed by atoms with Crippen LogP contribution >= 0.6 is 0 Å². The van der Waals surface area contributed by atoms with Crippen LogP contribution < -0.4 is 0 Å². The molecule has 0 saturated heterocycles. The molecule has 0 bridgehead atoms. The Bertz CT molecular complexity index is 443. The van der Waals surface area contributed by atoms with Crippen molar-refractivity contribution in [1.82, 2.24) is 9.88 Å². The smallest absolute Gasteiger partial charge is 0.144 e. The van der Waals surface area contributed by atoms with Gasteiger partial charge in [0.1, 0.15) is 5.60 Å². The van der Waals surface area contributed by atoms with Crippen molar-refractivity contribution < 1.29 is 5.11 Å². The Morgan fingerprint density at radius 3 is 2.28 bits per heavy atom. The maximum atomic E-state index is 11.0. The summed E-state index contributed by atoms with van der Waals surface area (Å²) in [6.07, 6.45) is 1.71. The van der Waals surface area contributed by atoms with Crippen LogP contribution in [0.2, 0.25) is 0 Å². The summed E-state index contributed by atoms with van der Waals surface area (Å²) >= 11 is 0. The van der Waals surface area contributed by atoms with E-state index in [9.17, 15) is 5.11 Å². The lowest BCUT2D eigenvalue weighted by atomic mass is 9.89. The molecule has 0 aliphatic heterocycles. The summed E-state index contributed by atoms with van der Waals surface area (Å²) in [5.41, 5.74) is 0.453. The van der Waals surface area contributed by atoms with Crippen molar-refractivity contribution in [3.8, 4) is 0 Å². The molecule has 1 N–H and O–H groups in total. The highest BCUT2D eigenvalue weighted by Crippen LogP contribution is 2.28. The topological polar surface area (TPSA) is 36.4 Å². The molecular weight excluding hydrogens is 224 g/mol. The number of aromatic nitrogens is 1. The Labute approximate surface area is 108 Å². The second-order valence-corrected chi connectivity index (χ2v) is 4.68. The van der Waals surface area contributed by atoms with E-state index < -0.39 is 5.60 Å². The number of nitrogens with zero attached hydrogens (tertiary/aromatic N) is 2. The van der Waals surface area contributed by atoms with Crippen molar-refractivity contribution in [2.24, 2.45) is 0 Å². The number of hydrogen-bond donors (Lipinski definition) is 1. The van der Waals surface area contributed by atoms with Crippen LogP contribution in [0.25, 0.3) is 0 Å². The average molecular weight is 242 g/mol. The number of likely N-dealkylation sites (N-methyl/N-ethyl adjacent to an activating group) is 1. The van der Waals surface area contributed by atoms with Gasteiger partial charge in [-0.15, -0.1) is 0 Å². The molecule has 0 aliphatic rings. The van der Waals surface area contributed by atoms with Crippen LogP contribution in [-0.4, -0.2) is 35.6 Å². The van der Waals surface area contributed by atoms with Gasteiger partial charge < -0.3 is 10.0 Å². The third-order valence-electron chi connectivity index (χ3n) is 2.89. The van der Waals surface area contributed by atoms with Gasteiger partial charge in [-0.2, -0.15) is 0 Å². The SMILES string of the molecule is CN(C)CC(O)(c1ccccc1)c1ccccn1. The Morgan fingerprint density at radius 1 is 1.06 bits per heavy atom. The molecule has 1 aromatic carbocycles. The highest BCUT2D eigenvalue weighted by atomic mass is 16.3. The largest absolute Gasteiger partial charge is 0.377 e. The van der Waals surface area contributed by atoms with Gasteiger partial charge in [0.25, 0.3) is 0 Å². The lowest BCUT2D eigenvalue weighted by molar-refractivity contribution is 0.0473. The van der Waals surface area contributed by atoms with Crippen LogP contribution in [0.3, 0.4) is 0 Å². The van der Waals surface area contributed by atoms with Crippen molar-refractivity contribution in [2.45, 2.75) is 5.60 Å². The van der Waals surface area contributed by atoms with E-state index in [0.717, 1.165) is 5.56 Å². The number of pyridine rings is 1. The van der Waals surface area contributed by atoms with Crippen LogP contribution in [0.1, 0.15) is 11.3 Å². The fourth-order valence-electron chi connectivity index (χ4n) is 2.10. The van der Waals surface area contributed by atoms with Gasteiger partial charge in [0.15, 0.2) is 0 Å². The minimum Gasteiger partial charge on any atom is -0.377 e. The molecular formula is C15H18N2O. The molecule has 1 atom stereocenters. The first-order chi connectivity index (χ1) is 8.63. The van der Waals surface area contributed by atoms with Gasteiger partial charge in [-0.25, -0.2) is 0 Å². The van der Waals surface area contributed by atoms with Gasteiger partial charge in [0, 0.05) is 12.7 Å². The Hall–Kier alpha value is -1.71. The van der Waals surface area contributed by atoms with Crippen LogP contribution in [-0.2, 0) is 5.60 Å². The quantitative estimate of drug-likeness (QED) is 0.889. The second-order valence-electron chi connectivity index (χ2n) is 4.68. The fourth-order valence-corrected chi connectivity index (χ4v) is 2.10. The Kier molecular flexibility index (Phi) is 3.75. The molecule has 18 heavy (non-hydrogen) atoms. The minimum absolute atomic E-state index is 0.494. The van der Waals surface area contributed by atoms with E-state index in [2.05, 4.69) is 4.98 Å². The van der Waals surface area contributed by atoms with E-state index in [-0.39, 0.29) is 0 Å². The summed E-state index contributed by atoms with van der Waals surface area (Å²) < 4.78 is 0. The first kappa shape index (κ1) is 12.7. The zero-order valence-electron chi connectivity index (χ0n) is 10.7. The Morgan fingerprint density at radius 2 is 1.72 bits per heavy atom. The van der Waals surface area contributed by atoms with E-state index in [1.54, 1.807) is 6.20 Å². The number of hydrogen-bond acceptors (Lipinski definition) is 3. The van der Waals surface area contributed by atoms with Crippen LogP contribution in [0.5, 0.6) is 0 Å². The van der Waals surface area contributed by atoms with Crippen molar-refractivity contribution in [3.05, 3.63) is 66.0 Å². The standard InChI is InChI=1S/C15H18N2O/c1-17(2)12-15(18,13-8-4-3-5-9-13)14-10-6-7-11-16-14/h3-11,18H,12H2,1-2H3. The van der Waals surface area contributed by atoms with Crippen LogP contribution in [0.15, 0.2) is 54.7 Å². The zero-order valence-corrected chi connectivity index (χ0v) is 10.7. The normalized spacial score (nSPS) is 14.4. The van der Waals surface area contributed by atoms with E-state index in [4.69, 9.17) is 0 Å². The van der Waals surface area contributed by atoms with E-state index in [1.165, 1.54) is 0 Å². The maximum Gasteiger partial charge on any atom is 0.144 e. The summed E-state index contributed by atoms with van der Waals surface area (Å²) in [6.45, 7) is 0.494. The predicted molar refractivity (Wildman–Crippen MR) is 72.2 cm³/mol. The lowest BCUT2D eigenvalue weighted by Crippen LogP contribution is -2.39.